The predicted molar refractivity (Wildman–Crippen MR) is 71.3 cm³/mol. The molecule has 1 aromatic heterocycles. The van der Waals surface area contributed by atoms with Gasteiger partial charge in [-0.2, -0.15) is 0 Å². The minimum absolute atomic E-state index is 0.392. The van der Waals surface area contributed by atoms with E-state index in [1.165, 1.54) is 6.42 Å². The van der Waals surface area contributed by atoms with Gasteiger partial charge in [-0.3, -0.25) is 0 Å². The average molecular weight is 255 g/mol. The molecule has 1 atom stereocenters. The first kappa shape index (κ1) is 15.2. The van der Waals surface area contributed by atoms with Crippen molar-refractivity contribution in [3.63, 3.8) is 0 Å². The van der Waals surface area contributed by atoms with Crippen molar-refractivity contribution in [2.24, 2.45) is 5.92 Å². The summed E-state index contributed by atoms with van der Waals surface area (Å²) in [4.78, 5) is 0. The van der Waals surface area contributed by atoms with Crippen LogP contribution in [-0.2, 0) is 11.3 Å². The van der Waals surface area contributed by atoms with E-state index in [4.69, 9.17) is 9.15 Å². The normalized spacial score (nSPS) is 13.1. The van der Waals surface area contributed by atoms with Crippen LogP contribution in [0.4, 0.5) is 0 Å². The Morgan fingerprint density at radius 3 is 2.94 bits per heavy atom. The fraction of sp³-hybridized carbons (Fsp3) is 0.714. The SMILES string of the molecule is CC(C)CCCOCC(O)CNCc1ccco1. The molecule has 0 saturated carbocycles. The maximum atomic E-state index is 9.67. The van der Waals surface area contributed by atoms with Crippen molar-refractivity contribution in [1.29, 1.82) is 0 Å². The molecule has 4 heteroatoms. The quantitative estimate of drug-likeness (QED) is 0.629. The largest absolute Gasteiger partial charge is 0.468 e. The van der Waals surface area contributed by atoms with E-state index in [9.17, 15) is 5.11 Å². The molecule has 1 unspecified atom stereocenters. The van der Waals surface area contributed by atoms with E-state index in [2.05, 4.69) is 19.2 Å². The van der Waals surface area contributed by atoms with Crippen LogP contribution in [0.2, 0.25) is 0 Å². The number of nitrogens with one attached hydrogen (secondary N) is 1. The van der Waals surface area contributed by atoms with Crippen LogP contribution in [0.1, 0.15) is 32.4 Å². The Labute approximate surface area is 109 Å². The van der Waals surface area contributed by atoms with Crippen molar-refractivity contribution < 1.29 is 14.3 Å². The van der Waals surface area contributed by atoms with Crippen LogP contribution in [0.5, 0.6) is 0 Å². The Balaban J connectivity index is 1.92. The fourth-order valence-corrected chi connectivity index (χ4v) is 1.65. The van der Waals surface area contributed by atoms with E-state index in [1.54, 1.807) is 6.26 Å². The zero-order chi connectivity index (χ0) is 13.2. The van der Waals surface area contributed by atoms with Gasteiger partial charge in [-0.25, -0.2) is 0 Å². The molecular weight excluding hydrogens is 230 g/mol. The molecule has 0 aromatic carbocycles. The third kappa shape index (κ3) is 7.48. The summed E-state index contributed by atoms with van der Waals surface area (Å²) in [5.41, 5.74) is 0. The molecule has 0 aliphatic heterocycles. The topological polar surface area (TPSA) is 54.6 Å². The molecule has 2 N–H and O–H groups in total. The lowest BCUT2D eigenvalue weighted by atomic mass is 10.1. The van der Waals surface area contributed by atoms with Crippen LogP contribution in [0.15, 0.2) is 22.8 Å². The lowest BCUT2D eigenvalue weighted by molar-refractivity contribution is 0.0345. The van der Waals surface area contributed by atoms with E-state index in [0.717, 1.165) is 18.8 Å². The number of furan rings is 1. The summed E-state index contributed by atoms with van der Waals surface area (Å²) in [6.07, 6.45) is 3.42. The predicted octanol–water partition coefficient (Wildman–Crippen LogP) is 2.18. The van der Waals surface area contributed by atoms with Gasteiger partial charge in [0.2, 0.25) is 0 Å². The van der Waals surface area contributed by atoms with Crippen LogP contribution < -0.4 is 5.32 Å². The highest BCUT2D eigenvalue weighted by atomic mass is 16.5. The zero-order valence-corrected chi connectivity index (χ0v) is 11.4. The number of rotatable bonds is 10. The third-order valence-electron chi connectivity index (χ3n) is 2.64. The molecule has 1 heterocycles. The molecule has 0 aliphatic rings. The zero-order valence-electron chi connectivity index (χ0n) is 11.4. The third-order valence-corrected chi connectivity index (χ3v) is 2.64. The van der Waals surface area contributed by atoms with Crippen molar-refractivity contribution in [2.75, 3.05) is 19.8 Å². The molecule has 0 fully saturated rings. The summed E-state index contributed by atoms with van der Waals surface area (Å²) in [6.45, 7) is 6.68. The summed E-state index contributed by atoms with van der Waals surface area (Å²) in [7, 11) is 0. The van der Waals surface area contributed by atoms with Gasteiger partial charge in [0.05, 0.1) is 25.5 Å². The number of hydrogen-bond donors (Lipinski definition) is 2. The van der Waals surface area contributed by atoms with Crippen molar-refractivity contribution >= 4 is 0 Å². The summed E-state index contributed by atoms with van der Waals surface area (Å²) >= 11 is 0. The van der Waals surface area contributed by atoms with E-state index in [-0.39, 0.29) is 0 Å². The molecule has 1 rings (SSSR count). The first-order chi connectivity index (χ1) is 8.68. The monoisotopic (exact) mass is 255 g/mol. The summed E-state index contributed by atoms with van der Waals surface area (Å²) in [5.74, 6) is 1.59. The maximum Gasteiger partial charge on any atom is 0.117 e. The minimum Gasteiger partial charge on any atom is -0.468 e. The molecule has 0 amide bonds. The van der Waals surface area contributed by atoms with Crippen LogP contribution in [-0.4, -0.2) is 31.0 Å². The van der Waals surface area contributed by atoms with Gasteiger partial charge in [0.25, 0.3) is 0 Å². The first-order valence-corrected chi connectivity index (χ1v) is 6.67. The smallest absolute Gasteiger partial charge is 0.117 e. The fourth-order valence-electron chi connectivity index (χ4n) is 1.65. The average Bonchev–Trinajstić information content (AvgIpc) is 2.81. The van der Waals surface area contributed by atoms with Gasteiger partial charge in [-0.15, -0.1) is 0 Å². The molecule has 18 heavy (non-hydrogen) atoms. The highest BCUT2D eigenvalue weighted by molar-refractivity contribution is 4.97. The van der Waals surface area contributed by atoms with Crippen LogP contribution in [0, 0.1) is 5.92 Å². The number of ether oxygens (including phenoxy) is 1. The second kappa shape index (κ2) is 9.14. The molecule has 0 aliphatic carbocycles. The highest BCUT2D eigenvalue weighted by Gasteiger charge is 2.04. The number of aliphatic hydroxyl groups is 1. The number of hydrogen-bond acceptors (Lipinski definition) is 4. The standard InChI is InChI=1S/C14H25NO3/c1-12(2)5-3-7-17-11-13(16)9-15-10-14-6-4-8-18-14/h4,6,8,12-13,15-16H,3,5,7,9-11H2,1-2H3. The lowest BCUT2D eigenvalue weighted by Crippen LogP contribution is -2.30. The maximum absolute atomic E-state index is 9.67. The molecule has 4 nitrogen and oxygen atoms in total. The summed E-state index contributed by atoms with van der Waals surface area (Å²) < 4.78 is 10.6. The van der Waals surface area contributed by atoms with Crippen LogP contribution in [0.25, 0.3) is 0 Å². The molecule has 104 valence electrons. The van der Waals surface area contributed by atoms with Crippen molar-refractivity contribution in [2.45, 2.75) is 39.3 Å². The van der Waals surface area contributed by atoms with Gasteiger partial charge in [0, 0.05) is 13.2 Å². The van der Waals surface area contributed by atoms with E-state index < -0.39 is 6.10 Å². The molecule has 0 saturated heterocycles. The Kier molecular flexibility index (Phi) is 7.73. The molecule has 0 radical (unpaired) electrons. The number of aliphatic hydroxyl groups excluding tert-OH is 1. The van der Waals surface area contributed by atoms with Gasteiger partial charge in [-0.1, -0.05) is 13.8 Å². The Hall–Kier alpha value is -0.840. The van der Waals surface area contributed by atoms with Crippen LogP contribution in [0.3, 0.4) is 0 Å². The van der Waals surface area contributed by atoms with E-state index in [0.29, 0.717) is 25.6 Å². The van der Waals surface area contributed by atoms with E-state index >= 15 is 0 Å². The molecule has 0 bridgehead atoms. The molecule has 1 aromatic rings. The van der Waals surface area contributed by atoms with Crippen LogP contribution >= 0.6 is 0 Å². The van der Waals surface area contributed by atoms with Gasteiger partial charge in [-0.05, 0) is 30.9 Å². The Morgan fingerprint density at radius 2 is 2.28 bits per heavy atom. The highest BCUT2D eigenvalue weighted by Crippen LogP contribution is 2.03. The van der Waals surface area contributed by atoms with Gasteiger partial charge in [0.1, 0.15) is 5.76 Å². The minimum atomic E-state index is -0.459. The second-order valence-corrected chi connectivity index (χ2v) is 4.98. The molecular formula is C14H25NO3. The Morgan fingerprint density at radius 1 is 1.44 bits per heavy atom. The van der Waals surface area contributed by atoms with Gasteiger partial charge in [0.15, 0.2) is 0 Å². The Bertz CT molecular complexity index is 285. The second-order valence-electron chi connectivity index (χ2n) is 4.98. The summed E-state index contributed by atoms with van der Waals surface area (Å²) in [6, 6.07) is 3.76. The summed E-state index contributed by atoms with van der Waals surface area (Å²) in [5, 5.41) is 12.8. The van der Waals surface area contributed by atoms with Crippen molar-refractivity contribution in [1.82, 2.24) is 5.32 Å². The van der Waals surface area contributed by atoms with Crippen molar-refractivity contribution in [3.8, 4) is 0 Å². The first-order valence-electron chi connectivity index (χ1n) is 6.67. The van der Waals surface area contributed by atoms with E-state index in [1.807, 2.05) is 12.1 Å². The van der Waals surface area contributed by atoms with Gasteiger partial charge < -0.3 is 19.6 Å². The van der Waals surface area contributed by atoms with Crippen molar-refractivity contribution in [3.05, 3.63) is 24.2 Å². The molecule has 0 spiro atoms. The van der Waals surface area contributed by atoms with Gasteiger partial charge >= 0.3 is 0 Å². The lowest BCUT2D eigenvalue weighted by Gasteiger charge is -2.12.